The van der Waals surface area contributed by atoms with E-state index < -0.39 is 27.2 Å². The third kappa shape index (κ3) is 6.00. The van der Waals surface area contributed by atoms with Gasteiger partial charge in [0, 0.05) is 21.1 Å². The number of ether oxygens (including phenoxy) is 3. The summed E-state index contributed by atoms with van der Waals surface area (Å²) in [5, 5.41) is 7.59. The summed E-state index contributed by atoms with van der Waals surface area (Å²) >= 11 is 0. The Morgan fingerprint density at radius 1 is 1.05 bits per heavy atom. The van der Waals surface area contributed by atoms with E-state index in [9.17, 15) is 12.8 Å². The van der Waals surface area contributed by atoms with Gasteiger partial charge in [0.15, 0.2) is 17.3 Å². The van der Waals surface area contributed by atoms with Crippen molar-refractivity contribution in [2.75, 3.05) is 43.5 Å². The van der Waals surface area contributed by atoms with E-state index in [2.05, 4.69) is 34.9 Å². The number of methoxy groups -OCH3 is 2. The summed E-state index contributed by atoms with van der Waals surface area (Å²) in [7, 11) is -1.11. The van der Waals surface area contributed by atoms with Gasteiger partial charge in [0.05, 0.1) is 31.9 Å². The summed E-state index contributed by atoms with van der Waals surface area (Å²) in [5.74, 6) is 0.274. The number of hydrogen-bond acceptors (Lipinski definition) is 12. The lowest BCUT2D eigenvalue weighted by Gasteiger charge is -2.32. The van der Waals surface area contributed by atoms with E-state index in [4.69, 9.17) is 14.2 Å². The highest BCUT2D eigenvalue weighted by Crippen LogP contribution is 2.37. The maximum absolute atomic E-state index is 13.6. The Bertz CT molecular complexity index is 1340. The van der Waals surface area contributed by atoms with Crippen molar-refractivity contribution in [1.82, 2.24) is 34.7 Å². The van der Waals surface area contributed by atoms with Gasteiger partial charge in [-0.1, -0.05) is 13.8 Å². The highest BCUT2D eigenvalue weighted by atomic mass is 32.2. The molecule has 214 valence electrons. The van der Waals surface area contributed by atoms with Crippen LogP contribution in [0.5, 0.6) is 11.8 Å². The molecule has 0 amide bonds. The van der Waals surface area contributed by atoms with E-state index in [-0.39, 0.29) is 37.3 Å². The van der Waals surface area contributed by atoms with Gasteiger partial charge in [-0.3, -0.25) is 9.29 Å². The normalized spacial score (nSPS) is 19.3. The number of anilines is 2. The standard InChI is InChI=1S/C21H26FN9O5S.C2H6.H2/c1-34-18-16(19(35-2)26-12-25-18)31-17(15-6-4-8-36-15)27-28-21(31)29-37(32,33)14-5-3-7-30(11-14)20-23-9-13(22)10-24-20;1-2;/h9-10,12,14-15H,3-8,11H2,1-2H3,(H,28,29);1-2H3;1H/t14-,15-;;/m0../s1. The summed E-state index contributed by atoms with van der Waals surface area (Å²) in [4.78, 5) is 18.0. The average molecular weight is 568 g/mol. The van der Waals surface area contributed by atoms with Crippen LogP contribution < -0.4 is 19.1 Å². The fourth-order valence-corrected chi connectivity index (χ4v) is 5.87. The topological polar surface area (TPSA) is 159 Å². The molecule has 0 aromatic carbocycles. The Morgan fingerprint density at radius 2 is 1.74 bits per heavy atom. The van der Waals surface area contributed by atoms with E-state index >= 15 is 0 Å². The minimum atomic E-state index is -3.97. The van der Waals surface area contributed by atoms with E-state index in [0.29, 0.717) is 38.2 Å². The van der Waals surface area contributed by atoms with Crippen LogP contribution in [0.4, 0.5) is 16.3 Å². The SMILES string of the molecule is CC.COc1ncnc(OC)c1-n1c(NS(=O)(=O)[C@H]2CCCN(c3ncc(F)cn3)C2)nnc1[C@@H]1CCCO1.[HH]. The molecule has 14 nitrogen and oxygen atoms in total. The Kier molecular flexibility index (Phi) is 9.06. The molecule has 1 N–H and O–H groups in total. The van der Waals surface area contributed by atoms with Crippen LogP contribution in [0, 0.1) is 5.82 Å². The van der Waals surface area contributed by atoms with E-state index in [0.717, 1.165) is 18.8 Å². The fourth-order valence-electron chi connectivity index (χ4n) is 4.46. The molecule has 39 heavy (non-hydrogen) atoms. The first-order valence-electron chi connectivity index (χ1n) is 12.7. The van der Waals surface area contributed by atoms with Crippen LogP contribution in [0.3, 0.4) is 0 Å². The highest BCUT2D eigenvalue weighted by Gasteiger charge is 2.36. The van der Waals surface area contributed by atoms with E-state index in [1.807, 2.05) is 13.8 Å². The van der Waals surface area contributed by atoms with Crippen molar-refractivity contribution in [3.05, 3.63) is 30.4 Å². The Balaban J connectivity index is 0.00000144. The van der Waals surface area contributed by atoms with Crippen LogP contribution in [0.15, 0.2) is 18.7 Å². The quantitative estimate of drug-likeness (QED) is 0.424. The smallest absolute Gasteiger partial charge is 0.245 e. The molecule has 2 aliphatic rings. The second kappa shape index (κ2) is 12.5. The van der Waals surface area contributed by atoms with Crippen molar-refractivity contribution in [1.29, 1.82) is 0 Å². The van der Waals surface area contributed by atoms with Crippen molar-refractivity contribution in [2.24, 2.45) is 0 Å². The van der Waals surface area contributed by atoms with Crippen LogP contribution in [0.25, 0.3) is 5.69 Å². The second-order valence-corrected chi connectivity index (χ2v) is 10.5. The molecule has 2 atom stereocenters. The van der Waals surface area contributed by atoms with Gasteiger partial charge in [-0.15, -0.1) is 10.2 Å². The van der Waals surface area contributed by atoms with Crippen molar-refractivity contribution >= 4 is 21.9 Å². The lowest BCUT2D eigenvalue weighted by Crippen LogP contribution is -2.45. The van der Waals surface area contributed by atoms with Crippen LogP contribution in [0.1, 0.15) is 52.9 Å². The maximum Gasteiger partial charge on any atom is 0.245 e. The largest absolute Gasteiger partial charge is 0.479 e. The number of rotatable bonds is 8. The lowest BCUT2D eigenvalue weighted by atomic mass is 10.1. The Labute approximate surface area is 227 Å². The van der Waals surface area contributed by atoms with Gasteiger partial charge in [-0.25, -0.2) is 22.8 Å². The molecular formula is C23H34FN9O5S. The van der Waals surface area contributed by atoms with Gasteiger partial charge in [0.25, 0.3) is 0 Å². The number of sulfonamides is 1. The number of nitrogens with zero attached hydrogens (tertiary/aromatic N) is 8. The van der Waals surface area contributed by atoms with E-state index in [1.54, 1.807) is 4.90 Å². The van der Waals surface area contributed by atoms with Gasteiger partial charge in [0.2, 0.25) is 33.7 Å². The Morgan fingerprint density at radius 3 is 2.36 bits per heavy atom. The fraction of sp³-hybridized carbons (Fsp3) is 0.565. The number of piperidine rings is 1. The zero-order valence-electron chi connectivity index (χ0n) is 22.2. The summed E-state index contributed by atoms with van der Waals surface area (Å²) in [6, 6.07) is 0. The lowest BCUT2D eigenvalue weighted by molar-refractivity contribution is 0.103. The minimum absolute atomic E-state index is 0. The first kappa shape index (κ1) is 28.4. The first-order chi connectivity index (χ1) is 18.9. The van der Waals surface area contributed by atoms with Crippen LogP contribution in [-0.4, -0.2) is 82.3 Å². The third-order valence-corrected chi connectivity index (χ3v) is 7.94. The van der Waals surface area contributed by atoms with Crippen molar-refractivity contribution in [2.45, 2.75) is 50.9 Å². The monoisotopic (exact) mass is 567 g/mol. The summed E-state index contributed by atoms with van der Waals surface area (Å²) < 4.78 is 61.1. The minimum Gasteiger partial charge on any atom is -0.479 e. The van der Waals surface area contributed by atoms with Crippen LogP contribution in [-0.2, 0) is 14.8 Å². The zero-order chi connectivity index (χ0) is 28.0. The van der Waals surface area contributed by atoms with Crippen molar-refractivity contribution in [3.8, 4) is 17.4 Å². The molecule has 0 spiro atoms. The van der Waals surface area contributed by atoms with Crippen LogP contribution in [0.2, 0.25) is 0 Å². The molecule has 0 bridgehead atoms. The molecule has 2 aliphatic heterocycles. The molecule has 0 unspecified atom stereocenters. The van der Waals surface area contributed by atoms with Crippen molar-refractivity contribution in [3.63, 3.8) is 0 Å². The zero-order valence-corrected chi connectivity index (χ0v) is 23.1. The average Bonchev–Trinajstić information content (AvgIpc) is 3.64. The maximum atomic E-state index is 13.6. The second-order valence-electron chi connectivity index (χ2n) is 8.52. The molecule has 0 saturated carbocycles. The van der Waals surface area contributed by atoms with Gasteiger partial charge in [-0.2, -0.15) is 9.97 Å². The molecule has 2 saturated heterocycles. The number of hydrogen-bond donors (Lipinski definition) is 1. The van der Waals surface area contributed by atoms with Crippen LogP contribution >= 0.6 is 0 Å². The van der Waals surface area contributed by atoms with E-state index in [1.165, 1.54) is 25.1 Å². The Hall–Kier alpha value is -3.66. The summed E-state index contributed by atoms with van der Waals surface area (Å²) in [6.07, 6.45) is 5.44. The molecule has 0 aliphatic carbocycles. The summed E-state index contributed by atoms with van der Waals surface area (Å²) in [6.45, 7) is 5.21. The number of aromatic nitrogens is 7. The highest BCUT2D eigenvalue weighted by molar-refractivity contribution is 7.93. The van der Waals surface area contributed by atoms with Gasteiger partial charge in [-0.05, 0) is 25.7 Å². The number of halogens is 1. The van der Waals surface area contributed by atoms with Gasteiger partial charge >= 0.3 is 0 Å². The molecule has 16 heteroatoms. The predicted octanol–water partition coefficient (Wildman–Crippen LogP) is 2.54. The molecule has 3 aromatic heterocycles. The number of nitrogens with one attached hydrogen (secondary N) is 1. The molecule has 3 aromatic rings. The molecule has 0 radical (unpaired) electrons. The summed E-state index contributed by atoms with van der Waals surface area (Å²) in [5.41, 5.74) is 0.241. The van der Waals surface area contributed by atoms with Gasteiger partial charge in [0.1, 0.15) is 12.4 Å². The molecule has 5 rings (SSSR count). The molecule has 5 heterocycles. The molecule has 2 fully saturated rings. The third-order valence-electron chi connectivity index (χ3n) is 6.21. The van der Waals surface area contributed by atoms with Gasteiger partial charge < -0.3 is 19.1 Å². The predicted molar refractivity (Wildman–Crippen MR) is 141 cm³/mol. The molecular weight excluding hydrogens is 533 g/mol. The first-order valence-corrected chi connectivity index (χ1v) is 14.2. The van der Waals surface area contributed by atoms with Crippen molar-refractivity contribution < 1.29 is 28.4 Å².